The van der Waals surface area contributed by atoms with Crippen molar-refractivity contribution in [1.82, 2.24) is 0 Å². The van der Waals surface area contributed by atoms with E-state index < -0.39 is 0 Å². The van der Waals surface area contributed by atoms with Crippen molar-refractivity contribution in [3.8, 4) is 6.07 Å². The topological polar surface area (TPSA) is 23.8 Å². The molecule has 0 saturated heterocycles. The monoisotopic (exact) mass is 142 g/mol. The van der Waals surface area contributed by atoms with Crippen LogP contribution < -0.4 is 51.4 Å². The smallest absolute Gasteiger partial charge is 0.192 e. The van der Waals surface area contributed by atoms with E-state index in [9.17, 15) is 0 Å². The summed E-state index contributed by atoms with van der Waals surface area (Å²) in [5.74, 6) is 0. The Labute approximate surface area is 97.1 Å². The van der Waals surface area contributed by atoms with Gasteiger partial charge in [-0.15, -0.1) is 0 Å². The second kappa shape index (κ2) is 5.16. The number of nitriles is 1. The van der Waals surface area contributed by atoms with Gasteiger partial charge >= 0.3 is 51.4 Å². The normalized spacial score (nSPS) is 7.00. The van der Waals surface area contributed by atoms with Crippen LogP contribution in [0.1, 0.15) is 5.56 Å². The van der Waals surface area contributed by atoms with Crippen LogP contribution in [0, 0.1) is 11.3 Å². The van der Waals surface area contributed by atoms with Crippen LogP contribution in [0.15, 0.2) is 30.3 Å². The quantitative estimate of drug-likeness (QED) is 0.407. The number of nitrogens with zero attached hydrogens (tertiary/aromatic N) is 1. The van der Waals surface area contributed by atoms with Crippen LogP contribution in [0.5, 0.6) is 0 Å². The maximum absolute atomic E-state index is 8.29. The van der Waals surface area contributed by atoms with Crippen molar-refractivity contribution in [3.63, 3.8) is 0 Å². The van der Waals surface area contributed by atoms with Gasteiger partial charge in [-0.1, -0.05) is 18.2 Å². The van der Waals surface area contributed by atoms with E-state index in [1.165, 1.54) is 0 Å². The van der Waals surface area contributed by atoms with Gasteiger partial charge in [0.1, 0.15) is 0 Å². The fourth-order valence-electron chi connectivity index (χ4n) is 0.513. The first-order valence-electron chi connectivity index (χ1n) is 2.38. The summed E-state index contributed by atoms with van der Waals surface area (Å²) in [5, 5.41) is 8.29. The predicted octanol–water partition coefficient (Wildman–Crippen LogP) is -1.44. The van der Waals surface area contributed by atoms with Crippen molar-refractivity contribution in [2.75, 3.05) is 0 Å². The average molecular weight is 142 g/mol. The van der Waals surface area contributed by atoms with Gasteiger partial charge < -0.3 is 0 Å². The third kappa shape index (κ3) is 3.14. The van der Waals surface area contributed by atoms with Crippen LogP contribution in [-0.2, 0) is 0 Å². The van der Waals surface area contributed by atoms with Gasteiger partial charge in [0, 0.05) is 0 Å². The molecule has 38 valence electrons. The molecule has 9 heavy (non-hydrogen) atoms. The molecule has 1 aromatic carbocycles. The van der Waals surface area contributed by atoms with Gasteiger partial charge in [-0.05, 0) is 12.1 Å². The molecule has 0 unspecified atom stereocenters. The predicted molar refractivity (Wildman–Crippen MR) is 31.2 cm³/mol. The van der Waals surface area contributed by atoms with E-state index in [4.69, 9.17) is 5.26 Å². The van der Waals surface area contributed by atoms with Crippen LogP contribution >= 0.6 is 0 Å². The van der Waals surface area contributed by atoms with Crippen LogP contribution in [0.3, 0.4) is 0 Å². The molecule has 0 N–H and O–H groups in total. The number of hydrogen-bond acceptors (Lipinski definition) is 1. The minimum Gasteiger partial charge on any atom is -0.192 e. The Kier molecular flexibility index (Phi) is 5.35. The maximum Gasteiger partial charge on any atom is 1.00 e. The van der Waals surface area contributed by atoms with E-state index in [1.807, 2.05) is 24.3 Å². The van der Waals surface area contributed by atoms with Crippen LogP contribution in [0.25, 0.3) is 0 Å². The van der Waals surface area contributed by atoms with Crippen molar-refractivity contribution < 1.29 is 51.4 Å². The van der Waals surface area contributed by atoms with Gasteiger partial charge in [-0.25, -0.2) is 0 Å². The van der Waals surface area contributed by atoms with E-state index in [0.717, 1.165) is 0 Å². The van der Waals surface area contributed by atoms with Crippen LogP contribution in [0.4, 0.5) is 0 Å². The third-order valence-corrected chi connectivity index (χ3v) is 0.903. The molecule has 0 aliphatic carbocycles. The molecule has 0 saturated carbocycles. The second-order valence-electron chi connectivity index (χ2n) is 1.48. The zero-order chi connectivity index (χ0) is 5.82. The Morgan fingerprint density at radius 1 is 1.11 bits per heavy atom. The first kappa shape index (κ1) is 9.35. The second-order valence-corrected chi connectivity index (χ2v) is 1.48. The Balaban J connectivity index is 0.000000640. The molecule has 0 amide bonds. The van der Waals surface area contributed by atoms with Crippen molar-refractivity contribution in [2.24, 2.45) is 0 Å². The Morgan fingerprint density at radius 3 is 2.00 bits per heavy atom. The first-order chi connectivity index (χ1) is 3.93. The zero-order valence-electron chi connectivity index (χ0n) is 5.33. The van der Waals surface area contributed by atoms with Crippen molar-refractivity contribution >= 4 is 0 Å². The van der Waals surface area contributed by atoms with E-state index in [1.54, 1.807) is 12.1 Å². The standard InChI is InChI=1S/C7H5N.K/c8-6-7-4-2-1-3-5-7;/h1-5H;/q;+1. The van der Waals surface area contributed by atoms with Crippen molar-refractivity contribution in [3.05, 3.63) is 35.9 Å². The van der Waals surface area contributed by atoms with Crippen molar-refractivity contribution in [1.29, 1.82) is 5.26 Å². The molecule has 0 heterocycles. The zero-order valence-corrected chi connectivity index (χ0v) is 8.46. The summed E-state index contributed by atoms with van der Waals surface area (Å²) in [4.78, 5) is 0. The summed E-state index contributed by atoms with van der Waals surface area (Å²) in [5.41, 5.74) is 0.715. The maximum atomic E-state index is 8.29. The molecule has 2 heteroatoms. The third-order valence-electron chi connectivity index (χ3n) is 0.903. The molecule has 0 aliphatic heterocycles. The van der Waals surface area contributed by atoms with Gasteiger partial charge in [0.15, 0.2) is 0 Å². The fraction of sp³-hybridized carbons (Fsp3) is 0. The van der Waals surface area contributed by atoms with Gasteiger partial charge in [0.05, 0.1) is 11.6 Å². The summed E-state index contributed by atoms with van der Waals surface area (Å²) >= 11 is 0. The Bertz CT molecular complexity index is 200. The molecular formula is C7H5KN+. The number of hydrogen-bond donors (Lipinski definition) is 0. The van der Waals surface area contributed by atoms with E-state index >= 15 is 0 Å². The van der Waals surface area contributed by atoms with Crippen LogP contribution in [-0.4, -0.2) is 0 Å². The fourth-order valence-corrected chi connectivity index (χ4v) is 0.513. The molecule has 0 radical (unpaired) electrons. The number of rotatable bonds is 0. The molecule has 0 aliphatic rings. The molecule has 0 spiro atoms. The molecule has 1 aromatic rings. The largest absolute Gasteiger partial charge is 1.00 e. The van der Waals surface area contributed by atoms with E-state index in [-0.39, 0.29) is 51.4 Å². The summed E-state index contributed by atoms with van der Waals surface area (Å²) < 4.78 is 0. The summed E-state index contributed by atoms with van der Waals surface area (Å²) in [6, 6.07) is 11.2. The molecule has 0 bridgehead atoms. The van der Waals surface area contributed by atoms with Gasteiger partial charge in [0.2, 0.25) is 0 Å². The first-order valence-corrected chi connectivity index (χ1v) is 2.38. The van der Waals surface area contributed by atoms with E-state index in [2.05, 4.69) is 0 Å². The molecule has 0 fully saturated rings. The average Bonchev–Trinajstić information content (AvgIpc) is 1.90. The Hall–Kier alpha value is 0.346. The molecular weight excluding hydrogens is 137 g/mol. The number of benzene rings is 1. The molecule has 0 aromatic heterocycles. The van der Waals surface area contributed by atoms with E-state index in [0.29, 0.717) is 5.56 Å². The van der Waals surface area contributed by atoms with Crippen molar-refractivity contribution in [2.45, 2.75) is 0 Å². The van der Waals surface area contributed by atoms with Gasteiger partial charge in [0.25, 0.3) is 0 Å². The molecule has 1 rings (SSSR count). The van der Waals surface area contributed by atoms with Gasteiger partial charge in [-0.2, -0.15) is 5.26 Å². The SMILES string of the molecule is N#Cc1ccccc1.[K+]. The minimum atomic E-state index is 0. The molecule has 0 atom stereocenters. The van der Waals surface area contributed by atoms with Crippen LogP contribution in [0.2, 0.25) is 0 Å². The summed E-state index contributed by atoms with van der Waals surface area (Å²) in [6.07, 6.45) is 0. The summed E-state index contributed by atoms with van der Waals surface area (Å²) in [7, 11) is 0. The Morgan fingerprint density at radius 2 is 1.67 bits per heavy atom. The molecule has 1 nitrogen and oxygen atoms in total. The van der Waals surface area contributed by atoms with Gasteiger partial charge in [-0.3, -0.25) is 0 Å². The minimum absolute atomic E-state index is 0. The summed E-state index contributed by atoms with van der Waals surface area (Å²) in [6.45, 7) is 0.